The molecule has 4 rings (SSSR count). The van der Waals surface area contributed by atoms with Crippen molar-refractivity contribution in [3.63, 3.8) is 0 Å². The molecule has 2 aliphatic heterocycles. The van der Waals surface area contributed by atoms with Crippen molar-refractivity contribution in [3.05, 3.63) is 22.6 Å². The first-order valence-electron chi connectivity index (χ1n) is 11.1. The predicted molar refractivity (Wildman–Crippen MR) is 126 cm³/mol. The molecule has 174 valence electrons. The monoisotopic (exact) mass is 506 g/mol. The summed E-state index contributed by atoms with van der Waals surface area (Å²) >= 11 is 3.51. The van der Waals surface area contributed by atoms with E-state index in [0.29, 0.717) is 38.2 Å². The van der Waals surface area contributed by atoms with Gasteiger partial charge in [-0.1, -0.05) is 0 Å². The van der Waals surface area contributed by atoms with Crippen LogP contribution in [0.1, 0.15) is 31.0 Å². The summed E-state index contributed by atoms with van der Waals surface area (Å²) in [5, 5.41) is 11.4. The smallest absolute Gasteiger partial charge is 0.248 e. The second-order valence-electron chi connectivity index (χ2n) is 8.37. The van der Waals surface area contributed by atoms with Crippen LogP contribution in [0.5, 0.6) is 0 Å². The maximum Gasteiger partial charge on any atom is 0.248 e. The zero-order valence-corrected chi connectivity index (χ0v) is 20.3. The van der Waals surface area contributed by atoms with Crippen LogP contribution < -0.4 is 10.6 Å². The predicted octanol–water partition coefficient (Wildman–Crippen LogP) is 2.42. The lowest BCUT2D eigenvalue weighted by atomic mass is 10.1. The Kier molecular flexibility index (Phi) is 7.59. The average Bonchev–Trinajstić information content (AvgIpc) is 3.15. The first-order chi connectivity index (χ1) is 15.5. The van der Waals surface area contributed by atoms with Gasteiger partial charge >= 0.3 is 0 Å². The van der Waals surface area contributed by atoms with E-state index in [2.05, 4.69) is 59.4 Å². The van der Waals surface area contributed by atoms with E-state index >= 15 is 0 Å². The number of amides is 1. The molecule has 0 bridgehead atoms. The normalized spacial score (nSPS) is 18.2. The Bertz CT molecular complexity index is 929. The van der Waals surface area contributed by atoms with Gasteiger partial charge in [0, 0.05) is 32.0 Å². The molecule has 10 nitrogen and oxygen atoms in total. The third-order valence-electron chi connectivity index (χ3n) is 5.95. The van der Waals surface area contributed by atoms with Gasteiger partial charge in [-0.15, -0.1) is 0 Å². The van der Waals surface area contributed by atoms with Crippen LogP contribution in [0, 0.1) is 6.92 Å². The summed E-state index contributed by atoms with van der Waals surface area (Å²) in [6, 6.07) is 0.432. The quantitative estimate of drug-likeness (QED) is 0.526. The summed E-state index contributed by atoms with van der Waals surface area (Å²) in [7, 11) is 2.16. The largest absolute Gasteiger partial charge is 0.370 e. The number of likely N-dealkylation sites (tertiary alicyclic amines) is 1. The van der Waals surface area contributed by atoms with Crippen LogP contribution in [0.15, 0.2) is 16.9 Å². The zero-order chi connectivity index (χ0) is 22.5. The van der Waals surface area contributed by atoms with Crippen molar-refractivity contribution >= 4 is 39.3 Å². The lowest BCUT2D eigenvalue weighted by molar-refractivity contribution is -0.142. The fraction of sp³-hybridized carbons (Fsp3) is 0.619. The van der Waals surface area contributed by atoms with Gasteiger partial charge in [-0.25, -0.2) is 4.98 Å². The third kappa shape index (κ3) is 5.76. The van der Waals surface area contributed by atoms with Gasteiger partial charge in [-0.05, 0) is 62.3 Å². The van der Waals surface area contributed by atoms with Crippen molar-refractivity contribution in [1.82, 2.24) is 29.5 Å². The topological polar surface area (TPSA) is 100 Å². The molecule has 32 heavy (non-hydrogen) atoms. The molecule has 0 spiro atoms. The number of rotatable bonds is 8. The number of carbonyl (C=O) groups is 1. The summed E-state index contributed by atoms with van der Waals surface area (Å²) in [6.45, 7) is 7.06. The van der Waals surface area contributed by atoms with Crippen molar-refractivity contribution in [2.24, 2.45) is 0 Å². The maximum atomic E-state index is 11.8. The highest BCUT2D eigenvalue weighted by Gasteiger charge is 2.21. The lowest BCUT2D eigenvalue weighted by Gasteiger charge is -2.28. The summed E-state index contributed by atoms with van der Waals surface area (Å²) in [4.78, 5) is 25.0. The zero-order valence-electron chi connectivity index (χ0n) is 18.7. The molecule has 0 atom stereocenters. The van der Waals surface area contributed by atoms with Crippen molar-refractivity contribution in [2.45, 2.75) is 32.2 Å². The van der Waals surface area contributed by atoms with Gasteiger partial charge < -0.3 is 25.2 Å². The van der Waals surface area contributed by atoms with E-state index in [-0.39, 0.29) is 12.5 Å². The van der Waals surface area contributed by atoms with Gasteiger partial charge in [0.2, 0.25) is 11.9 Å². The molecule has 0 aliphatic carbocycles. The van der Waals surface area contributed by atoms with E-state index in [9.17, 15) is 4.79 Å². The minimum atomic E-state index is 0.0575. The highest BCUT2D eigenvalue weighted by molar-refractivity contribution is 9.10. The number of piperidine rings is 1. The summed E-state index contributed by atoms with van der Waals surface area (Å²) in [5.74, 6) is 1.29. The molecule has 0 saturated carbocycles. The number of carbonyl (C=O) groups excluding carboxylic acids is 1. The van der Waals surface area contributed by atoms with Crippen molar-refractivity contribution in [1.29, 1.82) is 0 Å². The molecule has 0 radical (unpaired) electrons. The highest BCUT2D eigenvalue weighted by Crippen LogP contribution is 2.26. The van der Waals surface area contributed by atoms with Gasteiger partial charge in [-0.3, -0.25) is 9.48 Å². The van der Waals surface area contributed by atoms with Crippen LogP contribution >= 0.6 is 15.9 Å². The number of hydrogen-bond donors (Lipinski definition) is 2. The van der Waals surface area contributed by atoms with E-state index in [4.69, 9.17) is 9.84 Å². The fourth-order valence-electron chi connectivity index (χ4n) is 3.99. The Morgan fingerprint density at radius 2 is 2.09 bits per heavy atom. The molecule has 11 heteroatoms. The van der Waals surface area contributed by atoms with E-state index < -0.39 is 0 Å². The van der Waals surface area contributed by atoms with Crippen LogP contribution in [0.4, 0.5) is 17.5 Å². The number of nitrogens with one attached hydrogen (secondary N) is 2. The number of halogens is 1. The van der Waals surface area contributed by atoms with E-state index in [1.54, 1.807) is 6.20 Å². The summed E-state index contributed by atoms with van der Waals surface area (Å²) < 4.78 is 8.04. The minimum absolute atomic E-state index is 0.0575. The fourth-order valence-corrected chi connectivity index (χ4v) is 4.32. The summed E-state index contributed by atoms with van der Waals surface area (Å²) in [6.07, 6.45) is 6.84. The average molecular weight is 507 g/mol. The second-order valence-corrected chi connectivity index (χ2v) is 9.23. The van der Waals surface area contributed by atoms with Crippen molar-refractivity contribution < 1.29 is 9.53 Å². The highest BCUT2D eigenvalue weighted by atomic mass is 79.9. The van der Waals surface area contributed by atoms with Crippen LogP contribution in [-0.2, 0) is 9.53 Å². The number of ether oxygens (including phenoxy) is 1. The Balaban J connectivity index is 1.33. The first kappa shape index (κ1) is 22.9. The van der Waals surface area contributed by atoms with E-state index in [0.717, 1.165) is 54.0 Å². The molecule has 0 aromatic carbocycles. The number of hydrogen-bond acceptors (Lipinski definition) is 8. The maximum absolute atomic E-state index is 11.8. The van der Waals surface area contributed by atoms with E-state index in [1.807, 2.05) is 11.8 Å². The van der Waals surface area contributed by atoms with Gasteiger partial charge in [-0.2, -0.15) is 10.1 Å². The third-order valence-corrected chi connectivity index (χ3v) is 6.53. The Hall–Kier alpha value is -2.24. The van der Waals surface area contributed by atoms with Gasteiger partial charge in [0.05, 0.1) is 28.5 Å². The van der Waals surface area contributed by atoms with Crippen LogP contribution in [0.3, 0.4) is 0 Å². The lowest BCUT2D eigenvalue weighted by Crippen LogP contribution is -2.42. The molecular formula is C21H31BrN8O2. The number of nitrogens with zero attached hydrogens (tertiary/aromatic N) is 6. The number of morpholine rings is 1. The van der Waals surface area contributed by atoms with Crippen LogP contribution in [0.2, 0.25) is 0 Å². The first-order valence-corrected chi connectivity index (χ1v) is 11.9. The second kappa shape index (κ2) is 10.6. The Labute approximate surface area is 196 Å². The van der Waals surface area contributed by atoms with Crippen molar-refractivity contribution in [3.8, 4) is 0 Å². The molecule has 2 fully saturated rings. The molecule has 0 unspecified atom stereocenters. The van der Waals surface area contributed by atoms with Gasteiger partial charge in [0.25, 0.3) is 0 Å². The molecule has 2 aromatic heterocycles. The van der Waals surface area contributed by atoms with E-state index in [1.165, 1.54) is 0 Å². The molecular weight excluding hydrogens is 476 g/mol. The van der Waals surface area contributed by atoms with Gasteiger partial charge in [0.1, 0.15) is 12.4 Å². The van der Waals surface area contributed by atoms with Crippen LogP contribution in [0.25, 0.3) is 0 Å². The molecule has 1 amide bonds. The Morgan fingerprint density at radius 3 is 2.88 bits per heavy atom. The van der Waals surface area contributed by atoms with Crippen molar-refractivity contribution in [2.75, 3.05) is 63.6 Å². The minimum Gasteiger partial charge on any atom is -0.370 e. The SMILES string of the molecule is Cc1nn(C2CCN(C)CC2)cc1Nc1ncc(Br)c(NCCCN2CCOCC2=O)n1. The van der Waals surface area contributed by atoms with Gasteiger partial charge in [0.15, 0.2) is 0 Å². The number of aryl methyl sites for hydroxylation is 1. The Morgan fingerprint density at radius 1 is 1.28 bits per heavy atom. The van der Waals surface area contributed by atoms with Crippen LogP contribution in [-0.4, -0.2) is 88.4 Å². The standard InChI is InChI=1S/C21H31BrN8O2/c1-15-18(13-30(27-15)16-4-8-28(2)9-5-16)25-21-24-12-17(22)20(26-21)23-6-3-7-29-10-11-32-14-19(29)31/h12-13,16H,3-11,14H2,1-2H3,(H2,23,24,25,26). The number of aromatic nitrogens is 4. The number of anilines is 3. The molecule has 2 saturated heterocycles. The molecule has 2 N–H and O–H groups in total. The molecule has 2 aromatic rings. The molecule has 2 aliphatic rings. The summed E-state index contributed by atoms with van der Waals surface area (Å²) in [5.41, 5.74) is 1.85. The molecule has 4 heterocycles.